The van der Waals surface area contributed by atoms with Gasteiger partial charge in [-0.3, -0.25) is 19.2 Å². The van der Waals surface area contributed by atoms with Gasteiger partial charge in [-0.15, -0.1) is 5.10 Å². The zero-order chi connectivity index (χ0) is 68.3. The van der Waals surface area contributed by atoms with Gasteiger partial charge in [0.15, 0.2) is 0 Å². The molecule has 0 fully saturated rings. The number of ether oxygens (including phenoxy) is 5. The van der Waals surface area contributed by atoms with Crippen molar-refractivity contribution < 1.29 is 71.6 Å². The van der Waals surface area contributed by atoms with Crippen LogP contribution in [0.3, 0.4) is 0 Å². The van der Waals surface area contributed by atoms with E-state index in [0.717, 1.165) is 9.13 Å². The average Bonchev–Trinajstić information content (AvgIpc) is 1.93. The largest absolute Gasteiger partial charge is 0.460 e. The number of urea groups is 2. The number of aromatic nitrogens is 3. The average molecular weight is 1390 g/mol. The molecule has 91 heavy (non-hydrogen) atoms. The van der Waals surface area contributed by atoms with Crippen molar-refractivity contribution in [1.82, 2.24) is 52.2 Å². The highest BCUT2D eigenvalue weighted by Gasteiger charge is 2.33. The van der Waals surface area contributed by atoms with Gasteiger partial charge < -0.3 is 66.2 Å². The predicted molar refractivity (Wildman–Crippen MR) is 350 cm³/mol. The number of amides is 8. The summed E-state index contributed by atoms with van der Waals surface area (Å²) >= 11 is 2.20. The number of carbonyl (C=O) groups excluding carboxylic acids is 10. The Labute approximate surface area is 548 Å². The Morgan fingerprint density at radius 2 is 0.989 bits per heavy atom. The fourth-order valence-corrected chi connectivity index (χ4v) is 8.89. The molecule has 506 valence electrons. The summed E-state index contributed by atoms with van der Waals surface area (Å²) in [6.07, 6.45) is 3.53. The van der Waals surface area contributed by atoms with E-state index in [-0.39, 0.29) is 64.1 Å². The summed E-state index contributed by atoms with van der Waals surface area (Å²) in [6.45, 7) is 25.9. The second-order valence-corrected chi connectivity index (χ2v) is 28.2. The van der Waals surface area contributed by atoms with E-state index in [4.69, 9.17) is 23.7 Å². The van der Waals surface area contributed by atoms with Crippen molar-refractivity contribution in [2.24, 2.45) is 0 Å². The summed E-state index contributed by atoms with van der Waals surface area (Å²) in [4.78, 5) is 132. The van der Waals surface area contributed by atoms with Crippen LogP contribution in [-0.4, -0.2) is 147 Å². The molecule has 0 spiro atoms. The van der Waals surface area contributed by atoms with Crippen LogP contribution >= 0.6 is 22.6 Å². The Balaban J connectivity index is 1.68. The number of hydrogen-bond donors (Lipinski definition) is 8. The van der Waals surface area contributed by atoms with E-state index in [1.165, 1.54) is 10.9 Å². The molecule has 0 unspecified atom stereocenters. The summed E-state index contributed by atoms with van der Waals surface area (Å²) in [5.41, 5.74) is -1.98. The van der Waals surface area contributed by atoms with Gasteiger partial charge in [-0.25, -0.2) is 33.4 Å². The zero-order valence-corrected chi connectivity index (χ0v) is 57.8. The van der Waals surface area contributed by atoms with Gasteiger partial charge in [-0.1, -0.05) is 29.5 Å². The maximum absolute atomic E-state index is 14.2. The Bertz CT molecular complexity index is 2900. The molecule has 0 aliphatic carbocycles. The Kier molecular flexibility index (Phi) is 31.1. The SMILES string of the molecule is CC(C)(C)OC(=O)CC[C@H](NC(=O)N[C@@H](CCCCNC(=O)Nc1cccc(-c2cnnn2CC(=O)N[C@@H](CCCCNC(=O)OC(C)(C)C)C(=O)N[C@@H](CCCCNC(=O)Cc2ccc(I)cc2)C(=O)OC(C)(C)C)c1)C(=O)OC(C)(C)C)C(=O)OC(C)(C)C. The van der Waals surface area contributed by atoms with Gasteiger partial charge in [0.2, 0.25) is 17.7 Å². The van der Waals surface area contributed by atoms with Crippen LogP contribution in [0.15, 0.2) is 54.7 Å². The summed E-state index contributed by atoms with van der Waals surface area (Å²) in [6, 6.07) is 8.27. The molecular weight excluding hydrogens is 1290 g/mol. The van der Waals surface area contributed by atoms with Crippen molar-refractivity contribution in [3.63, 3.8) is 0 Å². The highest BCUT2D eigenvalue weighted by atomic mass is 127. The molecule has 0 saturated carbocycles. The quantitative estimate of drug-likeness (QED) is 0.0126. The molecule has 1 aromatic heterocycles. The normalized spacial score (nSPS) is 13.1. The molecule has 0 bridgehead atoms. The molecule has 0 aliphatic rings. The maximum atomic E-state index is 14.2. The fraction of sp³-hybridized carbons (Fsp3) is 0.625. The molecule has 0 radical (unpaired) electrons. The summed E-state index contributed by atoms with van der Waals surface area (Å²) in [7, 11) is 0. The van der Waals surface area contributed by atoms with Crippen LogP contribution < -0.4 is 42.5 Å². The number of rotatable bonds is 32. The van der Waals surface area contributed by atoms with Gasteiger partial charge >= 0.3 is 42.0 Å². The van der Waals surface area contributed by atoms with E-state index >= 15 is 0 Å². The fourth-order valence-electron chi connectivity index (χ4n) is 8.53. The molecular formula is C64H98IN11O15. The molecule has 2 aromatic carbocycles. The molecule has 0 aliphatic heterocycles. The number of halogens is 1. The van der Waals surface area contributed by atoms with Crippen LogP contribution in [0.4, 0.5) is 20.1 Å². The third kappa shape index (κ3) is 34.4. The second kappa shape index (κ2) is 36.5. The summed E-state index contributed by atoms with van der Waals surface area (Å²) < 4.78 is 29.9. The van der Waals surface area contributed by atoms with E-state index in [1.807, 2.05) is 24.3 Å². The van der Waals surface area contributed by atoms with Crippen molar-refractivity contribution >= 4 is 88.0 Å². The number of anilines is 1. The van der Waals surface area contributed by atoms with Gasteiger partial charge in [0.05, 0.1) is 18.3 Å². The van der Waals surface area contributed by atoms with E-state index in [2.05, 4.69) is 75.4 Å². The molecule has 3 rings (SSSR count). The monoisotopic (exact) mass is 1390 g/mol. The number of nitrogens with one attached hydrogen (secondary N) is 8. The third-order valence-corrected chi connectivity index (χ3v) is 13.1. The third-order valence-electron chi connectivity index (χ3n) is 12.3. The maximum Gasteiger partial charge on any atom is 0.407 e. The predicted octanol–water partition coefficient (Wildman–Crippen LogP) is 8.22. The number of hydrogen-bond acceptors (Lipinski definition) is 17. The molecule has 8 amide bonds. The standard InChI is InChI=1S/C64H98IN11O15/c1-60(2,3)87-52(79)33-32-48(56(83)90-63(10,11)12)74-58(85)73-47(55(82)89-62(7,8)9)27-18-20-35-67-57(84)70-44-24-22-23-42(38-44)49-39-69-75-76(49)40-51(78)71-45(25-16-21-36-68-59(86)91-64(13,14)15)53(80)72-46(54(81)88-61(4,5)6)26-17-19-34-66-50(77)37-41-28-30-43(65)31-29-41/h22-24,28-31,38-39,45-48H,16-21,25-27,32-37,40H2,1-15H3,(H,66,77)(H,68,86)(H,71,78)(H,72,80)(H2,67,70,84)(H2,73,74,85)/t45-,46-,47-,48-/m0/s1. The topological polar surface area (TPSA) is 344 Å². The van der Waals surface area contributed by atoms with Gasteiger partial charge in [0.1, 0.15) is 58.7 Å². The number of carbonyl (C=O) groups is 10. The Morgan fingerprint density at radius 1 is 0.505 bits per heavy atom. The lowest BCUT2D eigenvalue weighted by molar-refractivity contribution is -0.160. The lowest BCUT2D eigenvalue weighted by Crippen LogP contribution is -2.53. The van der Waals surface area contributed by atoms with Crippen LogP contribution in [0.2, 0.25) is 0 Å². The van der Waals surface area contributed by atoms with Gasteiger partial charge in [-0.2, -0.15) is 0 Å². The van der Waals surface area contributed by atoms with E-state index in [1.54, 1.807) is 128 Å². The van der Waals surface area contributed by atoms with Crippen LogP contribution in [0.25, 0.3) is 11.3 Å². The van der Waals surface area contributed by atoms with Crippen molar-refractivity contribution in [1.29, 1.82) is 0 Å². The van der Waals surface area contributed by atoms with Crippen LogP contribution in [-0.2, 0) is 70.2 Å². The van der Waals surface area contributed by atoms with Gasteiger partial charge in [-0.05, 0) is 220 Å². The highest BCUT2D eigenvalue weighted by molar-refractivity contribution is 14.1. The first-order valence-corrected chi connectivity index (χ1v) is 31.9. The number of unbranched alkanes of at least 4 members (excludes halogenated alkanes) is 3. The van der Waals surface area contributed by atoms with E-state index < -0.39 is 106 Å². The number of benzene rings is 2. The summed E-state index contributed by atoms with van der Waals surface area (Å²) in [5.74, 6) is -4.15. The minimum Gasteiger partial charge on any atom is -0.460 e. The molecule has 4 atom stereocenters. The molecule has 26 nitrogen and oxygen atoms in total. The molecule has 1 heterocycles. The first-order valence-electron chi connectivity index (χ1n) is 30.8. The lowest BCUT2D eigenvalue weighted by atomic mass is 10.1. The van der Waals surface area contributed by atoms with Crippen molar-refractivity contribution in [3.8, 4) is 11.3 Å². The van der Waals surface area contributed by atoms with E-state index in [9.17, 15) is 47.9 Å². The zero-order valence-electron chi connectivity index (χ0n) is 55.7. The Hall–Kier alpha value is -7.59. The minimum atomic E-state index is -1.26. The second-order valence-electron chi connectivity index (χ2n) is 26.9. The van der Waals surface area contributed by atoms with Crippen LogP contribution in [0.5, 0.6) is 0 Å². The number of esters is 4. The number of nitrogens with zero attached hydrogens (tertiary/aromatic N) is 3. The highest BCUT2D eigenvalue weighted by Crippen LogP contribution is 2.23. The van der Waals surface area contributed by atoms with Crippen molar-refractivity contribution in [3.05, 3.63) is 63.9 Å². The molecule has 8 N–H and O–H groups in total. The molecule has 0 saturated heterocycles. The lowest BCUT2D eigenvalue weighted by Gasteiger charge is -2.27. The number of alkyl carbamates (subject to hydrolysis) is 1. The van der Waals surface area contributed by atoms with E-state index in [0.29, 0.717) is 62.0 Å². The molecule has 27 heteroatoms. The van der Waals surface area contributed by atoms with Crippen LogP contribution in [0, 0.1) is 3.57 Å². The van der Waals surface area contributed by atoms with Crippen molar-refractivity contribution in [2.45, 2.75) is 240 Å². The Morgan fingerprint density at radius 3 is 1.52 bits per heavy atom. The van der Waals surface area contributed by atoms with Crippen molar-refractivity contribution in [2.75, 3.05) is 25.0 Å². The minimum absolute atomic E-state index is 0.0974. The van der Waals surface area contributed by atoms with Gasteiger partial charge in [0.25, 0.3) is 0 Å². The smallest absolute Gasteiger partial charge is 0.407 e. The molecule has 3 aromatic rings. The first kappa shape index (κ1) is 77.7. The van der Waals surface area contributed by atoms with Gasteiger partial charge in [0, 0.05) is 40.9 Å². The summed E-state index contributed by atoms with van der Waals surface area (Å²) in [5, 5.41) is 30.1. The first-order chi connectivity index (χ1) is 42.2. The van der Waals surface area contributed by atoms with Crippen LogP contribution in [0.1, 0.15) is 180 Å².